The molecule has 0 atom stereocenters. The summed E-state index contributed by atoms with van der Waals surface area (Å²) in [5.41, 5.74) is 7.18. The number of amides is 1. The minimum atomic E-state index is -0.0784. The van der Waals surface area contributed by atoms with Crippen molar-refractivity contribution in [2.45, 2.75) is 26.8 Å². The number of carbonyl (C=O) groups excluding carboxylic acids is 1. The van der Waals surface area contributed by atoms with Crippen LogP contribution in [0.3, 0.4) is 0 Å². The maximum atomic E-state index is 13.7. The first-order chi connectivity index (χ1) is 16.6. The summed E-state index contributed by atoms with van der Waals surface area (Å²) in [4.78, 5) is 24.8. The van der Waals surface area contributed by atoms with E-state index in [2.05, 4.69) is 43.1 Å². The van der Waals surface area contributed by atoms with E-state index < -0.39 is 0 Å². The Hall–Kier alpha value is -3.83. The quantitative estimate of drug-likeness (QED) is 0.280. The van der Waals surface area contributed by atoms with Gasteiger partial charge in [-0.15, -0.1) is 0 Å². The second-order valence-electron chi connectivity index (χ2n) is 8.42. The number of benzene rings is 3. The lowest BCUT2D eigenvalue weighted by Crippen LogP contribution is -2.30. The fourth-order valence-electron chi connectivity index (χ4n) is 3.96. The number of nitrogens with zero attached hydrogens (tertiary/aromatic N) is 3. The van der Waals surface area contributed by atoms with Gasteiger partial charge in [0.25, 0.3) is 5.91 Å². The number of aromatic nitrogens is 2. The minimum Gasteiger partial charge on any atom is -0.278 e. The molecule has 4 nitrogen and oxygen atoms in total. The number of anilines is 1. The Kier molecular flexibility index (Phi) is 6.19. The summed E-state index contributed by atoms with van der Waals surface area (Å²) >= 11 is 1.54. The van der Waals surface area contributed by atoms with E-state index in [-0.39, 0.29) is 5.91 Å². The van der Waals surface area contributed by atoms with Gasteiger partial charge in [0.15, 0.2) is 5.13 Å². The molecule has 2 heterocycles. The lowest BCUT2D eigenvalue weighted by molar-refractivity contribution is 0.0985. The zero-order valence-electron chi connectivity index (χ0n) is 19.2. The molecule has 2 aromatic heterocycles. The van der Waals surface area contributed by atoms with Gasteiger partial charge in [-0.3, -0.25) is 14.7 Å². The Morgan fingerprint density at radius 3 is 2.32 bits per heavy atom. The molecule has 0 spiro atoms. The first-order valence-corrected chi connectivity index (χ1v) is 12.1. The molecule has 0 saturated heterocycles. The van der Waals surface area contributed by atoms with Gasteiger partial charge in [-0.1, -0.05) is 65.9 Å². The first-order valence-electron chi connectivity index (χ1n) is 11.3. The fourth-order valence-corrected chi connectivity index (χ4v) is 4.99. The van der Waals surface area contributed by atoms with Gasteiger partial charge in [-0.25, -0.2) is 4.98 Å². The second kappa shape index (κ2) is 9.57. The molecule has 0 unspecified atom stereocenters. The molecule has 0 bridgehead atoms. The molecule has 5 rings (SSSR count). The molecule has 5 heteroatoms. The third-order valence-electron chi connectivity index (χ3n) is 6.05. The molecular formula is C29H25N3OS. The van der Waals surface area contributed by atoms with E-state index in [4.69, 9.17) is 4.98 Å². The molecule has 0 aliphatic carbocycles. The van der Waals surface area contributed by atoms with Gasteiger partial charge in [0, 0.05) is 11.8 Å². The zero-order chi connectivity index (χ0) is 23.5. The normalized spacial score (nSPS) is 11.0. The van der Waals surface area contributed by atoms with Crippen LogP contribution in [0.25, 0.3) is 10.2 Å². The molecule has 0 radical (unpaired) electrons. The average molecular weight is 464 g/mol. The topological polar surface area (TPSA) is 46.1 Å². The molecule has 168 valence electrons. The zero-order valence-corrected chi connectivity index (χ0v) is 20.0. The van der Waals surface area contributed by atoms with Crippen molar-refractivity contribution in [3.8, 4) is 0 Å². The Balaban J connectivity index is 1.47. The summed E-state index contributed by atoms with van der Waals surface area (Å²) < 4.78 is 1.08. The van der Waals surface area contributed by atoms with Crippen molar-refractivity contribution in [3.05, 3.63) is 125 Å². The van der Waals surface area contributed by atoms with Crippen LogP contribution < -0.4 is 4.90 Å². The minimum absolute atomic E-state index is 0.0784. The summed E-state index contributed by atoms with van der Waals surface area (Å²) in [7, 11) is 0. The predicted octanol–water partition coefficient (Wildman–Crippen LogP) is 6.75. The lowest BCUT2D eigenvalue weighted by atomic mass is 10.0. The molecular weight excluding hydrogens is 438 g/mol. The first kappa shape index (κ1) is 22.0. The van der Waals surface area contributed by atoms with Crippen molar-refractivity contribution in [2.24, 2.45) is 0 Å². The number of pyridine rings is 1. The predicted molar refractivity (Wildman–Crippen MR) is 140 cm³/mol. The monoisotopic (exact) mass is 463 g/mol. The highest BCUT2D eigenvalue weighted by Gasteiger charge is 2.23. The van der Waals surface area contributed by atoms with Crippen LogP contribution in [-0.4, -0.2) is 15.9 Å². The number of carbonyl (C=O) groups is 1. The average Bonchev–Trinajstić information content (AvgIpc) is 3.31. The van der Waals surface area contributed by atoms with E-state index >= 15 is 0 Å². The molecule has 0 N–H and O–H groups in total. The van der Waals surface area contributed by atoms with E-state index in [1.165, 1.54) is 16.7 Å². The van der Waals surface area contributed by atoms with Crippen LogP contribution in [0, 0.1) is 13.8 Å². The highest BCUT2D eigenvalue weighted by atomic mass is 32.1. The summed E-state index contributed by atoms with van der Waals surface area (Å²) in [5.74, 6) is -0.0784. The van der Waals surface area contributed by atoms with Crippen LogP contribution >= 0.6 is 11.3 Å². The number of thiazole rings is 1. The summed E-state index contributed by atoms with van der Waals surface area (Å²) in [6.07, 6.45) is 2.59. The third kappa shape index (κ3) is 4.61. The van der Waals surface area contributed by atoms with Crippen LogP contribution in [0.1, 0.15) is 38.3 Å². The maximum Gasteiger partial charge on any atom is 0.260 e. The highest BCUT2D eigenvalue weighted by Crippen LogP contribution is 2.33. The van der Waals surface area contributed by atoms with Crippen molar-refractivity contribution in [1.82, 2.24) is 9.97 Å². The van der Waals surface area contributed by atoms with Gasteiger partial charge in [0.1, 0.15) is 0 Å². The Morgan fingerprint density at radius 1 is 0.853 bits per heavy atom. The maximum absolute atomic E-state index is 13.7. The Bertz CT molecular complexity index is 1430. The van der Waals surface area contributed by atoms with Crippen molar-refractivity contribution in [3.63, 3.8) is 0 Å². The smallest absolute Gasteiger partial charge is 0.260 e. The van der Waals surface area contributed by atoms with E-state index in [0.29, 0.717) is 17.2 Å². The third-order valence-corrected chi connectivity index (χ3v) is 7.09. The van der Waals surface area contributed by atoms with Gasteiger partial charge < -0.3 is 0 Å². The van der Waals surface area contributed by atoms with Gasteiger partial charge >= 0.3 is 0 Å². The Morgan fingerprint density at radius 2 is 1.59 bits per heavy atom. The van der Waals surface area contributed by atoms with Crippen molar-refractivity contribution < 1.29 is 4.79 Å². The molecule has 1 amide bonds. The van der Waals surface area contributed by atoms with Gasteiger partial charge in [0.05, 0.1) is 22.5 Å². The SMILES string of the molecule is Cc1ccc2sc(N(Cc3ccccn3)C(=O)c3ccc(Cc4ccccc4)cc3)nc2c1C. The Labute approximate surface area is 203 Å². The molecule has 5 aromatic rings. The standard InChI is InChI=1S/C29H25N3OS/c1-20-11-16-26-27(21(20)2)31-29(34-26)32(19-25-10-6-7-17-30-25)28(33)24-14-12-23(13-15-24)18-22-8-4-3-5-9-22/h3-17H,18-19H2,1-2H3. The van der Waals surface area contributed by atoms with Gasteiger partial charge in [0.2, 0.25) is 0 Å². The van der Waals surface area contributed by atoms with Crippen LogP contribution in [0.4, 0.5) is 5.13 Å². The molecule has 3 aromatic carbocycles. The van der Waals surface area contributed by atoms with Crippen molar-refractivity contribution in [1.29, 1.82) is 0 Å². The molecule has 0 fully saturated rings. The number of hydrogen-bond acceptors (Lipinski definition) is 4. The second-order valence-corrected chi connectivity index (χ2v) is 9.43. The summed E-state index contributed by atoms with van der Waals surface area (Å²) in [6.45, 7) is 4.53. The largest absolute Gasteiger partial charge is 0.278 e. The number of hydrogen-bond donors (Lipinski definition) is 0. The van der Waals surface area contributed by atoms with Crippen molar-refractivity contribution in [2.75, 3.05) is 4.90 Å². The molecule has 0 aliphatic heterocycles. The van der Waals surface area contributed by atoms with Crippen molar-refractivity contribution >= 4 is 32.6 Å². The number of aryl methyl sites for hydroxylation is 2. The fraction of sp³-hybridized carbons (Fsp3) is 0.138. The van der Waals surface area contributed by atoms with Crippen LogP contribution in [-0.2, 0) is 13.0 Å². The number of rotatable bonds is 6. The highest BCUT2D eigenvalue weighted by molar-refractivity contribution is 7.22. The molecule has 34 heavy (non-hydrogen) atoms. The van der Waals surface area contributed by atoms with Gasteiger partial charge in [-0.2, -0.15) is 0 Å². The molecule has 0 aliphatic rings. The van der Waals surface area contributed by atoms with E-state index in [0.717, 1.165) is 27.9 Å². The summed E-state index contributed by atoms with van der Waals surface area (Å²) in [6, 6.07) is 28.2. The lowest BCUT2D eigenvalue weighted by Gasteiger charge is -2.20. The summed E-state index contributed by atoms with van der Waals surface area (Å²) in [5, 5.41) is 0.688. The van der Waals surface area contributed by atoms with Crippen LogP contribution in [0.5, 0.6) is 0 Å². The number of fused-ring (bicyclic) bond motifs is 1. The van der Waals surface area contributed by atoms with Crippen LogP contribution in [0.15, 0.2) is 91.1 Å². The molecule has 0 saturated carbocycles. The van der Waals surface area contributed by atoms with E-state index in [1.54, 1.807) is 22.4 Å². The van der Waals surface area contributed by atoms with Gasteiger partial charge in [-0.05, 0) is 72.9 Å². The van der Waals surface area contributed by atoms with Crippen LogP contribution in [0.2, 0.25) is 0 Å². The van der Waals surface area contributed by atoms with E-state index in [9.17, 15) is 4.79 Å². The van der Waals surface area contributed by atoms with E-state index in [1.807, 2.05) is 60.7 Å².